The van der Waals surface area contributed by atoms with Gasteiger partial charge in [-0.05, 0) is 24.0 Å². The minimum absolute atomic E-state index is 0.0813. The number of rotatable bonds is 5. The van der Waals surface area contributed by atoms with Crippen molar-refractivity contribution in [1.29, 1.82) is 0 Å². The van der Waals surface area contributed by atoms with Crippen LogP contribution >= 0.6 is 0 Å². The number of amides is 1. The van der Waals surface area contributed by atoms with Gasteiger partial charge in [0.15, 0.2) is 5.56 Å². The molecule has 23 heavy (non-hydrogen) atoms. The molecule has 1 amide bonds. The molecule has 0 aliphatic rings. The van der Waals surface area contributed by atoms with E-state index in [1.165, 1.54) is 0 Å². The van der Waals surface area contributed by atoms with Gasteiger partial charge in [-0.25, -0.2) is 4.98 Å². The number of benzene rings is 1. The first kappa shape index (κ1) is 14.7. The van der Waals surface area contributed by atoms with Gasteiger partial charge in [0.05, 0.1) is 17.2 Å². The van der Waals surface area contributed by atoms with Gasteiger partial charge < -0.3 is 20.0 Å². The third-order valence-electron chi connectivity index (χ3n) is 3.51. The molecule has 2 heterocycles. The lowest BCUT2D eigenvalue weighted by molar-refractivity contribution is -0.389. The van der Waals surface area contributed by atoms with Crippen molar-refractivity contribution < 1.29 is 9.72 Å². The van der Waals surface area contributed by atoms with Gasteiger partial charge in [-0.3, -0.25) is 4.79 Å². The van der Waals surface area contributed by atoms with Crippen molar-refractivity contribution in [3.8, 4) is 0 Å². The van der Waals surface area contributed by atoms with Crippen molar-refractivity contribution in [2.45, 2.75) is 13.5 Å². The van der Waals surface area contributed by atoms with Crippen LogP contribution in [0.15, 0.2) is 30.5 Å². The number of carbonyl (C=O) groups is 1. The number of aromatic amines is 1. The van der Waals surface area contributed by atoms with Gasteiger partial charge in [-0.1, -0.05) is 17.2 Å². The van der Waals surface area contributed by atoms with Crippen LogP contribution in [0.1, 0.15) is 16.2 Å². The SMILES string of the molecule is Cc1nc2ccccc2n1CCNC(=O)c1cn[nH]c1[N+](=O)[O-]. The second-order valence-electron chi connectivity index (χ2n) is 4.94. The van der Waals surface area contributed by atoms with Crippen molar-refractivity contribution >= 4 is 22.8 Å². The van der Waals surface area contributed by atoms with Gasteiger partial charge in [0, 0.05) is 13.1 Å². The Morgan fingerprint density at radius 1 is 1.43 bits per heavy atom. The maximum atomic E-state index is 12.0. The summed E-state index contributed by atoms with van der Waals surface area (Å²) in [5, 5.41) is 19.2. The van der Waals surface area contributed by atoms with Crippen LogP contribution in [0, 0.1) is 17.0 Å². The van der Waals surface area contributed by atoms with Crippen LogP contribution in [0.4, 0.5) is 5.82 Å². The molecule has 0 saturated carbocycles. The molecule has 2 N–H and O–H groups in total. The van der Waals surface area contributed by atoms with Crippen LogP contribution in [-0.2, 0) is 6.54 Å². The summed E-state index contributed by atoms with van der Waals surface area (Å²) >= 11 is 0. The first-order chi connectivity index (χ1) is 11.1. The number of imidazole rings is 1. The van der Waals surface area contributed by atoms with Crippen molar-refractivity contribution in [3.63, 3.8) is 0 Å². The van der Waals surface area contributed by atoms with E-state index >= 15 is 0 Å². The molecule has 118 valence electrons. The smallest absolute Gasteiger partial charge is 0.355 e. The van der Waals surface area contributed by atoms with E-state index in [0.29, 0.717) is 13.1 Å². The highest BCUT2D eigenvalue weighted by Crippen LogP contribution is 2.15. The van der Waals surface area contributed by atoms with E-state index in [0.717, 1.165) is 23.1 Å². The summed E-state index contributed by atoms with van der Waals surface area (Å²) < 4.78 is 1.99. The summed E-state index contributed by atoms with van der Waals surface area (Å²) in [4.78, 5) is 26.6. The van der Waals surface area contributed by atoms with Crippen LogP contribution < -0.4 is 5.32 Å². The Morgan fingerprint density at radius 3 is 3.00 bits per heavy atom. The highest BCUT2D eigenvalue weighted by atomic mass is 16.6. The second-order valence-corrected chi connectivity index (χ2v) is 4.94. The fourth-order valence-corrected chi connectivity index (χ4v) is 2.44. The third-order valence-corrected chi connectivity index (χ3v) is 3.51. The highest BCUT2D eigenvalue weighted by Gasteiger charge is 2.21. The standard InChI is InChI=1S/C14H14N6O3/c1-9-17-11-4-2-3-5-12(11)19(9)7-6-15-14(21)10-8-16-18-13(10)20(22)23/h2-5,8H,6-7H2,1H3,(H,15,21)(H,16,18). The molecule has 0 aliphatic heterocycles. The average molecular weight is 314 g/mol. The van der Waals surface area contributed by atoms with Gasteiger partial charge in [0.2, 0.25) is 0 Å². The zero-order chi connectivity index (χ0) is 16.4. The fourth-order valence-electron chi connectivity index (χ4n) is 2.44. The summed E-state index contributed by atoms with van der Waals surface area (Å²) in [6.07, 6.45) is 1.14. The molecular formula is C14H14N6O3. The number of H-pyrrole nitrogens is 1. The normalized spacial score (nSPS) is 10.8. The minimum atomic E-state index is -0.671. The lowest BCUT2D eigenvalue weighted by Gasteiger charge is -2.08. The largest absolute Gasteiger partial charge is 0.358 e. The molecule has 0 saturated heterocycles. The number of hydrogen-bond donors (Lipinski definition) is 2. The molecule has 9 nitrogen and oxygen atoms in total. The first-order valence-electron chi connectivity index (χ1n) is 6.95. The quantitative estimate of drug-likeness (QED) is 0.545. The molecule has 2 aromatic heterocycles. The molecule has 3 aromatic rings. The van der Waals surface area contributed by atoms with Gasteiger partial charge >= 0.3 is 5.82 Å². The number of aromatic nitrogens is 4. The van der Waals surface area contributed by atoms with Gasteiger partial charge in [0.1, 0.15) is 5.82 Å². The Hall–Kier alpha value is -3.23. The molecular weight excluding hydrogens is 300 g/mol. The van der Waals surface area contributed by atoms with Crippen molar-refractivity contribution in [2.24, 2.45) is 0 Å². The van der Waals surface area contributed by atoms with Crippen molar-refractivity contribution in [1.82, 2.24) is 25.1 Å². The van der Waals surface area contributed by atoms with E-state index in [-0.39, 0.29) is 5.56 Å². The van der Waals surface area contributed by atoms with E-state index in [1.54, 1.807) is 0 Å². The number of hydrogen-bond acceptors (Lipinski definition) is 5. The zero-order valence-electron chi connectivity index (χ0n) is 12.3. The van der Waals surface area contributed by atoms with Gasteiger partial charge in [-0.15, -0.1) is 5.10 Å². The average Bonchev–Trinajstić information content (AvgIpc) is 3.12. The lowest BCUT2D eigenvalue weighted by atomic mass is 10.3. The van der Waals surface area contributed by atoms with E-state index < -0.39 is 16.6 Å². The molecule has 0 aliphatic carbocycles. The lowest BCUT2D eigenvalue weighted by Crippen LogP contribution is -2.27. The summed E-state index contributed by atoms with van der Waals surface area (Å²) in [5.74, 6) is -0.103. The van der Waals surface area contributed by atoms with E-state index in [9.17, 15) is 14.9 Å². The minimum Gasteiger partial charge on any atom is -0.358 e. The second kappa shape index (κ2) is 5.87. The van der Waals surface area contributed by atoms with Crippen molar-refractivity contribution in [3.05, 3.63) is 52.0 Å². The van der Waals surface area contributed by atoms with Crippen LogP contribution in [0.3, 0.4) is 0 Å². The topological polar surface area (TPSA) is 119 Å². The number of para-hydroxylation sites is 2. The van der Waals surface area contributed by atoms with Crippen LogP contribution in [0.5, 0.6) is 0 Å². The predicted octanol–water partition coefficient (Wildman–Crippen LogP) is 1.41. The number of carbonyl (C=O) groups excluding carboxylic acids is 1. The van der Waals surface area contributed by atoms with Crippen LogP contribution in [0.2, 0.25) is 0 Å². The molecule has 3 rings (SSSR count). The summed E-state index contributed by atoms with van der Waals surface area (Å²) in [7, 11) is 0. The number of nitrogens with zero attached hydrogens (tertiary/aromatic N) is 4. The molecule has 0 spiro atoms. The maximum absolute atomic E-state index is 12.0. The van der Waals surface area contributed by atoms with Gasteiger partial charge in [-0.2, -0.15) is 0 Å². The van der Waals surface area contributed by atoms with Crippen LogP contribution in [0.25, 0.3) is 11.0 Å². The molecule has 0 atom stereocenters. The zero-order valence-corrected chi connectivity index (χ0v) is 12.3. The number of nitrogens with one attached hydrogen (secondary N) is 2. The molecule has 9 heteroatoms. The fraction of sp³-hybridized carbons (Fsp3) is 0.214. The summed E-state index contributed by atoms with van der Waals surface area (Å²) in [5.41, 5.74) is 1.79. The third kappa shape index (κ3) is 2.76. The molecule has 0 unspecified atom stereocenters. The summed E-state index contributed by atoms with van der Waals surface area (Å²) in [6, 6.07) is 7.72. The summed E-state index contributed by atoms with van der Waals surface area (Å²) in [6.45, 7) is 2.73. The first-order valence-corrected chi connectivity index (χ1v) is 6.95. The Balaban J connectivity index is 1.69. The Bertz CT molecular complexity index is 882. The van der Waals surface area contributed by atoms with Gasteiger partial charge in [0.25, 0.3) is 5.91 Å². The molecule has 0 bridgehead atoms. The van der Waals surface area contributed by atoms with E-state index in [2.05, 4.69) is 20.5 Å². The number of aryl methyl sites for hydroxylation is 1. The monoisotopic (exact) mass is 314 g/mol. The Morgan fingerprint density at radius 2 is 2.22 bits per heavy atom. The predicted molar refractivity (Wildman–Crippen MR) is 82.0 cm³/mol. The molecule has 0 radical (unpaired) electrons. The molecule has 0 fully saturated rings. The maximum Gasteiger partial charge on any atom is 0.355 e. The number of fused-ring (bicyclic) bond motifs is 1. The van der Waals surface area contributed by atoms with E-state index in [4.69, 9.17) is 0 Å². The Labute approximate surface area is 130 Å². The highest BCUT2D eigenvalue weighted by molar-refractivity contribution is 5.97. The van der Waals surface area contributed by atoms with E-state index in [1.807, 2.05) is 35.8 Å². The number of nitro groups is 1. The van der Waals surface area contributed by atoms with Crippen LogP contribution in [-0.4, -0.2) is 37.1 Å². The Kier molecular flexibility index (Phi) is 3.75. The molecule has 1 aromatic carbocycles. The van der Waals surface area contributed by atoms with Crippen molar-refractivity contribution in [2.75, 3.05) is 6.54 Å².